The van der Waals surface area contributed by atoms with Crippen molar-refractivity contribution in [3.05, 3.63) is 132 Å². The molecule has 230 valence electrons. The van der Waals surface area contributed by atoms with Crippen LogP contribution in [-0.2, 0) is 12.8 Å². The average molecular weight is 605 g/mol. The van der Waals surface area contributed by atoms with Gasteiger partial charge < -0.3 is 4.74 Å². The van der Waals surface area contributed by atoms with E-state index in [2.05, 4.69) is 117 Å². The Bertz CT molecular complexity index is 2160. The Kier molecular flexibility index (Phi) is 8.15. The molecule has 0 atom stereocenters. The second-order valence-electron chi connectivity index (χ2n) is 12.2. The lowest BCUT2D eigenvalue weighted by atomic mass is 10.0. The fourth-order valence-corrected chi connectivity index (χ4v) is 6.65. The lowest BCUT2D eigenvalue weighted by Gasteiger charge is -2.11. The van der Waals surface area contributed by atoms with Gasteiger partial charge in [-0.15, -0.1) is 0 Å². The minimum Gasteiger partial charge on any atom is -0.457 e. The summed E-state index contributed by atoms with van der Waals surface area (Å²) < 4.78 is 10.9. The maximum atomic E-state index is 6.56. The number of ether oxygens (including phenoxy) is 1. The summed E-state index contributed by atoms with van der Waals surface area (Å²) in [6.07, 6.45) is 7.52. The molecule has 0 aliphatic heterocycles. The predicted octanol–water partition coefficient (Wildman–Crippen LogP) is 10.7. The Labute approximate surface area is 271 Å². The van der Waals surface area contributed by atoms with Crippen molar-refractivity contribution in [2.75, 3.05) is 0 Å². The van der Waals surface area contributed by atoms with Crippen molar-refractivity contribution in [3.63, 3.8) is 0 Å². The summed E-state index contributed by atoms with van der Waals surface area (Å²) in [5.41, 5.74) is 10.3. The van der Waals surface area contributed by atoms with E-state index in [1.807, 2.05) is 29.1 Å². The highest BCUT2D eigenvalue weighted by Gasteiger charge is 2.17. The molecule has 4 aromatic carbocycles. The summed E-state index contributed by atoms with van der Waals surface area (Å²) in [4.78, 5) is 4.85. The maximum Gasteiger partial charge on any atom is 0.137 e. The van der Waals surface area contributed by atoms with Crippen LogP contribution in [0.4, 0.5) is 0 Å². The van der Waals surface area contributed by atoms with Crippen LogP contribution in [0.15, 0.2) is 109 Å². The fraction of sp³-hybridized carbons (Fsp3) is 0.220. The molecular weight excluding hydrogens is 564 g/mol. The van der Waals surface area contributed by atoms with E-state index in [4.69, 9.17) is 14.8 Å². The minimum atomic E-state index is 0.762. The number of benzene rings is 4. The van der Waals surface area contributed by atoms with E-state index >= 15 is 0 Å². The van der Waals surface area contributed by atoms with E-state index in [1.54, 1.807) is 0 Å². The molecule has 0 fully saturated rings. The summed E-state index contributed by atoms with van der Waals surface area (Å²) in [5.74, 6) is 2.48. The molecule has 0 radical (unpaired) electrons. The third-order valence-electron chi connectivity index (χ3n) is 8.85. The highest BCUT2D eigenvalue weighted by molar-refractivity contribution is 6.09. The second-order valence-corrected chi connectivity index (χ2v) is 12.2. The number of pyridine rings is 1. The van der Waals surface area contributed by atoms with Gasteiger partial charge in [-0.1, -0.05) is 69.2 Å². The third-order valence-corrected chi connectivity index (χ3v) is 8.85. The number of rotatable bonds is 10. The van der Waals surface area contributed by atoms with Crippen molar-refractivity contribution in [1.82, 2.24) is 19.3 Å². The van der Waals surface area contributed by atoms with E-state index in [1.165, 1.54) is 45.9 Å². The molecule has 5 heteroatoms. The smallest absolute Gasteiger partial charge is 0.137 e. The summed E-state index contributed by atoms with van der Waals surface area (Å²) in [5, 5.41) is 7.36. The molecular formula is C41H40N4O. The van der Waals surface area contributed by atoms with Crippen molar-refractivity contribution in [3.8, 4) is 34.1 Å². The van der Waals surface area contributed by atoms with Crippen LogP contribution < -0.4 is 4.74 Å². The van der Waals surface area contributed by atoms with Gasteiger partial charge in [0.25, 0.3) is 0 Å². The highest BCUT2D eigenvalue weighted by Crippen LogP contribution is 2.36. The molecule has 3 aromatic heterocycles. The molecule has 46 heavy (non-hydrogen) atoms. The van der Waals surface area contributed by atoms with Gasteiger partial charge in [-0.2, -0.15) is 5.10 Å². The van der Waals surface area contributed by atoms with Crippen LogP contribution in [0.25, 0.3) is 44.4 Å². The predicted molar refractivity (Wildman–Crippen MR) is 190 cm³/mol. The van der Waals surface area contributed by atoms with Crippen molar-refractivity contribution in [2.24, 2.45) is 0 Å². The average Bonchev–Trinajstić information content (AvgIpc) is 3.56. The van der Waals surface area contributed by atoms with Gasteiger partial charge in [0, 0.05) is 40.4 Å². The van der Waals surface area contributed by atoms with Crippen LogP contribution in [0.3, 0.4) is 0 Å². The Hall–Kier alpha value is -5.16. The molecule has 0 saturated carbocycles. The molecule has 0 unspecified atom stereocenters. The summed E-state index contributed by atoms with van der Waals surface area (Å²) in [6, 6.07) is 36.3. The van der Waals surface area contributed by atoms with Gasteiger partial charge in [-0.25, -0.2) is 9.67 Å². The molecule has 0 saturated heterocycles. The van der Waals surface area contributed by atoms with E-state index in [-0.39, 0.29) is 0 Å². The number of hydrogen-bond acceptors (Lipinski definition) is 3. The van der Waals surface area contributed by atoms with Crippen molar-refractivity contribution >= 4 is 21.8 Å². The zero-order valence-electron chi connectivity index (χ0n) is 27.1. The molecule has 0 aliphatic carbocycles. The number of unbranched alkanes of at least 4 members (excludes halogenated alkanes) is 1. The fourth-order valence-electron chi connectivity index (χ4n) is 6.65. The van der Waals surface area contributed by atoms with Gasteiger partial charge >= 0.3 is 0 Å². The largest absolute Gasteiger partial charge is 0.457 e. The SMILES string of the molecule is CCCCc1ccc2c(c1)c1ccc(Oc3cccc(-n4nc(C)c(-c5ccccc5)c4C)c3)cc1n2-c1cc(CCC)ccn1. The first-order valence-corrected chi connectivity index (χ1v) is 16.5. The molecule has 7 aromatic rings. The van der Waals surface area contributed by atoms with Crippen LogP contribution in [0.2, 0.25) is 0 Å². The van der Waals surface area contributed by atoms with Crippen LogP contribution in [-0.4, -0.2) is 19.3 Å². The van der Waals surface area contributed by atoms with E-state index in [0.717, 1.165) is 64.7 Å². The Morgan fingerprint density at radius 3 is 2.33 bits per heavy atom. The standard InChI is InChI=1S/C41H40N4O/c1-5-7-13-31-18-21-38-37(24-31)36-20-19-35(27-39(36)44(38)40-25-30(12-6-2)22-23-42-40)46-34-17-11-16-33(26-34)45-29(4)41(28(3)43-45)32-14-9-8-10-15-32/h8-11,14-27H,5-7,12-13H2,1-4H3. The monoisotopic (exact) mass is 604 g/mol. The van der Waals surface area contributed by atoms with Gasteiger partial charge in [0.05, 0.1) is 22.4 Å². The normalized spacial score (nSPS) is 11.5. The molecule has 3 heterocycles. The first-order valence-electron chi connectivity index (χ1n) is 16.5. The molecule has 0 spiro atoms. The Morgan fingerprint density at radius 1 is 0.674 bits per heavy atom. The molecule has 0 bridgehead atoms. The van der Waals surface area contributed by atoms with E-state index in [9.17, 15) is 0 Å². The van der Waals surface area contributed by atoms with Crippen molar-refractivity contribution < 1.29 is 4.74 Å². The van der Waals surface area contributed by atoms with Gasteiger partial charge in [0.1, 0.15) is 17.3 Å². The minimum absolute atomic E-state index is 0.762. The van der Waals surface area contributed by atoms with Gasteiger partial charge in [-0.3, -0.25) is 4.57 Å². The number of aryl methyl sites for hydroxylation is 3. The molecule has 7 rings (SSSR count). The number of nitrogens with zero attached hydrogens (tertiary/aromatic N) is 4. The van der Waals surface area contributed by atoms with Gasteiger partial charge in [0.2, 0.25) is 0 Å². The van der Waals surface area contributed by atoms with Crippen molar-refractivity contribution in [2.45, 2.75) is 59.8 Å². The van der Waals surface area contributed by atoms with Crippen LogP contribution in [0.1, 0.15) is 55.6 Å². The summed E-state index contributed by atoms with van der Waals surface area (Å²) in [7, 11) is 0. The quantitative estimate of drug-likeness (QED) is 0.156. The number of fused-ring (bicyclic) bond motifs is 3. The lowest BCUT2D eigenvalue weighted by molar-refractivity contribution is 0.483. The third kappa shape index (κ3) is 5.58. The molecule has 0 aliphatic rings. The lowest BCUT2D eigenvalue weighted by Crippen LogP contribution is -2.00. The zero-order valence-corrected chi connectivity index (χ0v) is 27.1. The maximum absolute atomic E-state index is 6.56. The summed E-state index contributed by atoms with van der Waals surface area (Å²) in [6.45, 7) is 8.66. The molecule has 0 N–H and O–H groups in total. The first kappa shape index (κ1) is 29.5. The summed E-state index contributed by atoms with van der Waals surface area (Å²) >= 11 is 0. The van der Waals surface area contributed by atoms with Gasteiger partial charge in [0.15, 0.2) is 0 Å². The van der Waals surface area contributed by atoms with E-state index < -0.39 is 0 Å². The number of aromatic nitrogens is 4. The first-order chi connectivity index (χ1) is 22.5. The van der Waals surface area contributed by atoms with Crippen LogP contribution in [0.5, 0.6) is 11.5 Å². The highest BCUT2D eigenvalue weighted by atomic mass is 16.5. The van der Waals surface area contributed by atoms with Gasteiger partial charge in [-0.05, 0) is 98.3 Å². The molecule has 5 nitrogen and oxygen atoms in total. The Morgan fingerprint density at radius 2 is 1.50 bits per heavy atom. The van der Waals surface area contributed by atoms with Crippen LogP contribution >= 0.6 is 0 Å². The topological polar surface area (TPSA) is 44.9 Å². The molecule has 0 amide bonds. The van der Waals surface area contributed by atoms with Crippen molar-refractivity contribution in [1.29, 1.82) is 0 Å². The Balaban J connectivity index is 1.29. The second kappa shape index (κ2) is 12.7. The zero-order chi connectivity index (χ0) is 31.6. The number of hydrogen-bond donors (Lipinski definition) is 0. The van der Waals surface area contributed by atoms with E-state index in [0.29, 0.717) is 0 Å². The van der Waals surface area contributed by atoms with Crippen LogP contribution in [0, 0.1) is 13.8 Å².